The number of rotatable bonds is 7. The fourth-order valence-corrected chi connectivity index (χ4v) is 3.56. The Labute approximate surface area is 191 Å². The second kappa shape index (κ2) is 10.8. The highest BCUT2D eigenvalue weighted by molar-refractivity contribution is 6.30. The number of nitrogens with two attached hydrogens (primary N) is 1. The summed E-state index contributed by atoms with van der Waals surface area (Å²) in [5.41, 5.74) is 7.73. The van der Waals surface area contributed by atoms with Crippen LogP contribution in [-0.4, -0.2) is 47.1 Å². The molecule has 1 saturated heterocycles. The van der Waals surface area contributed by atoms with Crippen LogP contribution in [0.15, 0.2) is 42.7 Å². The fraction of sp³-hybridized carbons (Fsp3) is 0.304. The molecule has 4 N–H and O–H groups in total. The summed E-state index contributed by atoms with van der Waals surface area (Å²) < 4.78 is 6.19. The van der Waals surface area contributed by atoms with E-state index in [-0.39, 0.29) is 23.6 Å². The first-order valence-electron chi connectivity index (χ1n) is 10.3. The molecule has 3 rings (SSSR count). The Hall–Kier alpha value is -3.39. The number of nitrogens with zero attached hydrogens (tertiary/aromatic N) is 2. The molecule has 0 radical (unpaired) electrons. The zero-order valence-corrected chi connectivity index (χ0v) is 18.6. The number of hydrogen-bond donors (Lipinski definition) is 3. The van der Waals surface area contributed by atoms with Gasteiger partial charge in [0.15, 0.2) is 0 Å². The van der Waals surface area contributed by atoms with E-state index in [1.54, 1.807) is 30.0 Å². The normalized spacial score (nSPS) is 14.7. The highest BCUT2D eigenvalue weighted by atomic mass is 35.5. The summed E-state index contributed by atoms with van der Waals surface area (Å²) in [6.07, 6.45) is 5.12. The number of piperidine rings is 1. The Morgan fingerprint density at radius 1 is 1.31 bits per heavy atom. The van der Waals surface area contributed by atoms with Crippen molar-refractivity contribution in [1.82, 2.24) is 15.2 Å². The number of benzene rings is 1. The molecule has 9 heteroatoms. The number of halogens is 1. The van der Waals surface area contributed by atoms with Crippen molar-refractivity contribution in [3.63, 3.8) is 0 Å². The number of carbonyl (C=O) groups excluding carboxylic acids is 2. The molecule has 168 valence electrons. The van der Waals surface area contributed by atoms with Crippen molar-refractivity contribution in [2.45, 2.75) is 32.4 Å². The van der Waals surface area contributed by atoms with E-state index in [9.17, 15) is 9.59 Å². The third-order valence-corrected chi connectivity index (χ3v) is 5.54. The molecule has 0 atom stereocenters. The van der Waals surface area contributed by atoms with Crippen molar-refractivity contribution in [3.8, 4) is 5.75 Å². The lowest BCUT2D eigenvalue weighted by Crippen LogP contribution is -2.40. The van der Waals surface area contributed by atoms with Gasteiger partial charge in [-0.2, -0.15) is 0 Å². The van der Waals surface area contributed by atoms with E-state index in [0.29, 0.717) is 54.4 Å². The first-order valence-corrected chi connectivity index (χ1v) is 10.7. The van der Waals surface area contributed by atoms with Crippen LogP contribution in [0.3, 0.4) is 0 Å². The smallest absolute Gasteiger partial charge is 0.270 e. The predicted octanol–water partition coefficient (Wildman–Crippen LogP) is 3.00. The van der Waals surface area contributed by atoms with Gasteiger partial charge < -0.3 is 26.1 Å². The van der Waals surface area contributed by atoms with Crippen LogP contribution < -0.4 is 15.8 Å². The third kappa shape index (κ3) is 5.85. The average molecular weight is 456 g/mol. The van der Waals surface area contributed by atoms with E-state index in [4.69, 9.17) is 27.5 Å². The van der Waals surface area contributed by atoms with E-state index >= 15 is 0 Å². The SMILES string of the molecule is CC(=O)N1CCC(Oc2cc(C(=O)NCc3ccc(Cl)cc3)ncc2/C(C=N)=C/N)CC1. The molecule has 2 amide bonds. The van der Waals surface area contributed by atoms with Gasteiger partial charge in [-0.15, -0.1) is 0 Å². The van der Waals surface area contributed by atoms with Crippen LogP contribution in [-0.2, 0) is 11.3 Å². The number of nitrogens with one attached hydrogen (secondary N) is 2. The zero-order valence-electron chi connectivity index (χ0n) is 17.8. The number of ether oxygens (including phenoxy) is 1. The number of pyridine rings is 1. The Morgan fingerprint density at radius 3 is 2.59 bits per heavy atom. The molecule has 0 spiro atoms. The van der Waals surface area contributed by atoms with Crippen LogP contribution in [0, 0.1) is 5.41 Å². The molecule has 0 bridgehead atoms. The lowest BCUT2D eigenvalue weighted by atomic mass is 10.1. The maximum Gasteiger partial charge on any atom is 0.270 e. The van der Waals surface area contributed by atoms with Crippen molar-refractivity contribution < 1.29 is 14.3 Å². The molecule has 32 heavy (non-hydrogen) atoms. The number of allylic oxidation sites excluding steroid dienone is 1. The number of carbonyl (C=O) groups is 2. The molecule has 0 saturated carbocycles. The third-order valence-electron chi connectivity index (χ3n) is 5.29. The Bertz CT molecular complexity index is 1010. The molecule has 2 heterocycles. The molecule has 1 fully saturated rings. The summed E-state index contributed by atoms with van der Waals surface area (Å²) >= 11 is 5.90. The van der Waals surface area contributed by atoms with Gasteiger partial charge in [-0.3, -0.25) is 14.6 Å². The van der Waals surface area contributed by atoms with Crippen molar-refractivity contribution in [1.29, 1.82) is 5.41 Å². The van der Waals surface area contributed by atoms with E-state index in [0.717, 1.165) is 11.8 Å². The minimum atomic E-state index is -0.351. The summed E-state index contributed by atoms with van der Waals surface area (Å²) in [6, 6.07) is 8.76. The molecule has 1 aliphatic rings. The van der Waals surface area contributed by atoms with E-state index < -0.39 is 0 Å². The van der Waals surface area contributed by atoms with E-state index in [1.807, 2.05) is 12.1 Å². The molecular weight excluding hydrogens is 430 g/mol. The standard InChI is InChI=1S/C23H26ClN5O3/c1-15(30)29-8-6-19(7-9-29)32-22-10-21(27-14-20(22)17(11-25)12-26)23(31)28-13-16-2-4-18(24)5-3-16/h2-5,10-12,14,19,25H,6-9,13,26H2,1H3,(H,28,31)/b17-12+,25-11?. The summed E-state index contributed by atoms with van der Waals surface area (Å²) in [5.74, 6) is 0.124. The average Bonchev–Trinajstić information content (AvgIpc) is 2.80. The Kier molecular flexibility index (Phi) is 7.83. The van der Waals surface area contributed by atoms with Gasteiger partial charge in [-0.25, -0.2) is 0 Å². The molecular formula is C23H26ClN5O3. The van der Waals surface area contributed by atoms with E-state index in [1.165, 1.54) is 12.4 Å². The largest absolute Gasteiger partial charge is 0.489 e. The van der Waals surface area contributed by atoms with Gasteiger partial charge in [0.2, 0.25) is 5.91 Å². The summed E-state index contributed by atoms with van der Waals surface area (Å²) in [7, 11) is 0. The Morgan fingerprint density at radius 2 is 2.00 bits per heavy atom. The van der Waals surface area contributed by atoms with Crippen molar-refractivity contribution in [3.05, 3.63) is 64.6 Å². The first kappa shape index (κ1) is 23.3. The van der Waals surface area contributed by atoms with Crippen LogP contribution in [0.1, 0.15) is 41.4 Å². The van der Waals surface area contributed by atoms with E-state index in [2.05, 4.69) is 10.3 Å². The monoisotopic (exact) mass is 455 g/mol. The Balaban J connectivity index is 1.76. The molecule has 2 aromatic rings. The number of aromatic nitrogens is 1. The van der Waals surface area contributed by atoms with Gasteiger partial charge in [0, 0.05) is 80.2 Å². The number of likely N-dealkylation sites (tertiary alicyclic amines) is 1. The summed E-state index contributed by atoms with van der Waals surface area (Å²) in [5, 5.41) is 11.1. The molecule has 8 nitrogen and oxygen atoms in total. The second-order valence-electron chi connectivity index (χ2n) is 7.46. The molecule has 1 aliphatic heterocycles. The fourth-order valence-electron chi connectivity index (χ4n) is 3.43. The topological polar surface area (TPSA) is 121 Å². The quantitative estimate of drug-likeness (QED) is 0.554. The maximum absolute atomic E-state index is 12.7. The van der Waals surface area contributed by atoms with Gasteiger partial charge in [0.05, 0.1) is 0 Å². The zero-order chi connectivity index (χ0) is 23.1. The van der Waals surface area contributed by atoms with Crippen LogP contribution >= 0.6 is 11.6 Å². The van der Waals surface area contributed by atoms with Crippen LogP contribution in [0.25, 0.3) is 5.57 Å². The number of hydrogen-bond acceptors (Lipinski definition) is 6. The van der Waals surface area contributed by atoms with Crippen molar-refractivity contribution >= 4 is 35.2 Å². The highest BCUT2D eigenvalue weighted by Gasteiger charge is 2.24. The molecule has 0 unspecified atom stereocenters. The van der Waals surface area contributed by atoms with Gasteiger partial charge in [0.25, 0.3) is 5.91 Å². The van der Waals surface area contributed by atoms with Crippen LogP contribution in [0.4, 0.5) is 0 Å². The van der Waals surface area contributed by atoms with Gasteiger partial charge in [0.1, 0.15) is 17.5 Å². The van der Waals surface area contributed by atoms with Crippen molar-refractivity contribution in [2.24, 2.45) is 5.73 Å². The first-order chi connectivity index (χ1) is 15.4. The number of amides is 2. The lowest BCUT2D eigenvalue weighted by molar-refractivity contribution is -0.130. The highest BCUT2D eigenvalue weighted by Crippen LogP contribution is 2.28. The molecule has 1 aromatic heterocycles. The van der Waals surface area contributed by atoms with Gasteiger partial charge in [-0.05, 0) is 17.7 Å². The van der Waals surface area contributed by atoms with Gasteiger partial charge in [-0.1, -0.05) is 23.7 Å². The lowest BCUT2D eigenvalue weighted by Gasteiger charge is -2.32. The minimum Gasteiger partial charge on any atom is -0.489 e. The minimum absolute atomic E-state index is 0.0462. The second-order valence-corrected chi connectivity index (χ2v) is 7.90. The van der Waals surface area contributed by atoms with Crippen LogP contribution in [0.2, 0.25) is 5.02 Å². The summed E-state index contributed by atoms with van der Waals surface area (Å²) in [4.78, 5) is 30.3. The van der Waals surface area contributed by atoms with Crippen molar-refractivity contribution in [2.75, 3.05) is 13.1 Å². The maximum atomic E-state index is 12.7. The molecule has 0 aliphatic carbocycles. The summed E-state index contributed by atoms with van der Waals surface area (Å²) in [6.45, 7) is 3.10. The van der Waals surface area contributed by atoms with Gasteiger partial charge >= 0.3 is 0 Å². The predicted molar refractivity (Wildman–Crippen MR) is 124 cm³/mol. The van der Waals surface area contributed by atoms with Crippen LogP contribution in [0.5, 0.6) is 5.75 Å². The molecule has 1 aromatic carbocycles.